The quantitative estimate of drug-likeness (QED) is 0.885. The van der Waals surface area contributed by atoms with E-state index < -0.39 is 5.97 Å². The summed E-state index contributed by atoms with van der Waals surface area (Å²) >= 11 is 0. The van der Waals surface area contributed by atoms with Crippen molar-refractivity contribution in [3.63, 3.8) is 0 Å². The van der Waals surface area contributed by atoms with Crippen molar-refractivity contribution in [1.82, 2.24) is 9.78 Å². The molecule has 0 radical (unpaired) electrons. The van der Waals surface area contributed by atoms with Crippen LogP contribution in [0.2, 0.25) is 0 Å². The lowest BCUT2D eigenvalue weighted by Crippen LogP contribution is -2.02. The first-order valence-corrected chi connectivity index (χ1v) is 6.96. The molecule has 0 aliphatic carbocycles. The van der Waals surface area contributed by atoms with E-state index in [1.54, 1.807) is 30.1 Å². The zero-order valence-electron chi connectivity index (χ0n) is 12.5. The number of hydrogen-bond donors (Lipinski definition) is 1. The summed E-state index contributed by atoms with van der Waals surface area (Å²) in [5.74, 6) is 0.318. The fourth-order valence-corrected chi connectivity index (χ4v) is 2.04. The second-order valence-electron chi connectivity index (χ2n) is 5.37. The number of rotatable bonds is 6. The van der Waals surface area contributed by atoms with Gasteiger partial charge in [0.1, 0.15) is 17.0 Å². The summed E-state index contributed by atoms with van der Waals surface area (Å²) in [7, 11) is 1.60. The van der Waals surface area contributed by atoms with E-state index in [0.717, 1.165) is 17.7 Å². The summed E-state index contributed by atoms with van der Waals surface area (Å²) in [4.78, 5) is 11.4. The molecule has 0 spiro atoms. The zero-order chi connectivity index (χ0) is 15.4. The van der Waals surface area contributed by atoms with Gasteiger partial charge in [0.15, 0.2) is 0 Å². The van der Waals surface area contributed by atoms with E-state index in [1.165, 1.54) is 0 Å². The molecular formula is C16H20N2O3. The zero-order valence-corrected chi connectivity index (χ0v) is 12.5. The minimum atomic E-state index is -0.961. The monoisotopic (exact) mass is 288 g/mol. The molecule has 2 aromatic rings. The highest BCUT2D eigenvalue weighted by Gasteiger charge is 2.17. The Kier molecular flexibility index (Phi) is 4.62. The summed E-state index contributed by atoms with van der Waals surface area (Å²) in [6.45, 7) is 4.98. The van der Waals surface area contributed by atoms with Gasteiger partial charge in [0, 0.05) is 18.3 Å². The number of hydrogen-bond acceptors (Lipinski definition) is 3. The number of carbonyl (C=O) groups is 1. The predicted octanol–water partition coefficient (Wildman–Crippen LogP) is 3.30. The second-order valence-corrected chi connectivity index (χ2v) is 5.37. The average molecular weight is 288 g/mol. The van der Waals surface area contributed by atoms with E-state index in [-0.39, 0.29) is 5.56 Å². The molecule has 0 amide bonds. The molecule has 2 rings (SSSR count). The van der Waals surface area contributed by atoms with Gasteiger partial charge in [0.25, 0.3) is 0 Å². The van der Waals surface area contributed by atoms with Gasteiger partial charge in [-0.2, -0.15) is 5.10 Å². The molecule has 21 heavy (non-hydrogen) atoms. The molecule has 1 aromatic carbocycles. The van der Waals surface area contributed by atoms with Gasteiger partial charge < -0.3 is 9.84 Å². The van der Waals surface area contributed by atoms with Crippen LogP contribution < -0.4 is 4.74 Å². The smallest absolute Gasteiger partial charge is 0.339 e. The van der Waals surface area contributed by atoms with Crippen LogP contribution in [0.5, 0.6) is 5.75 Å². The van der Waals surface area contributed by atoms with Crippen molar-refractivity contribution >= 4 is 5.97 Å². The van der Waals surface area contributed by atoms with Crippen molar-refractivity contribution in [3.8, 4) is 17.0 Å². The Morgan fingerprint density at radius 1 is 1.33 bits per heavy atom. The van der Waals surface area contributed by atoms with Crippen LogP contribution in [0.15, 0.2) is 30.5 Å². The summed E-state index contributed by atoms with van der Waals surface area (Å²) in [5, 5.41) is 13.8. The van der Waals surface area contributed by atoms with Crippen molar-refractivity contribution in [2.75, 3.05) is 7.11 Å². The average Bonchev–Trinajstić information content (AvgIpc) is 2.89. The summed E-state index contributed by atoms with van der Waals surface area (Å²) in [6.07, 6.45) is 2.56. The van der Waals surface area contributed by atoms with Crippen molar-refractivity contribution < 1.29 is 14.6 Å². The lowest BCUT2D eigenvalue weighted by atomic mass is 10.1. The minimum Gasteiger partial charge on any atom is -0.497 e. The van der Waals surface area contributed by atoms with E-state index in [4.69, 9.17) is 4.74 Å². The van der Waals surface area contributed by atoms with E-state index in [2.05, 4.69) is 18.9 Å². The van der Waals surface area contributed by atoms with Crippen LogP contribution in [0.25, 0.3) is 11.3 Å². The molecule has 0 unspecified atom stereocenters. The maximum atomic E-state index is 11.4. The minimum absolute atomic E-state index is 0.226. The highest BCUT2D eigenvalue weighted by Crippen LogP contribution is 2.24. The molecule has 5 nitrogen and oxygen atoms in total. The molecule has 1 N–H and O–H groups in total. The fourth-order valence-electron chi connectivity index (χ4n) is 2.04. The number of aromatic carboxylic acids is 1. The summed E-state index contributed by atoms with van der Waals surface area (Å²) in [6, 6.07) is 7.24. The van der Waals surface area contributed by atoms with Crippen molar-refractivity contribution in [2.45, 2.75) is 26.8 Å². The molecule has 0 bridgehead atoms. The fraction of sp³-hybridized carbons (Fsp3) is 0.375. The van der Waals surface area contributed by atoms with Crippen molar-refractivity contribution in [3.05, 3.63) is 36.0 Å². The first-order valence-electron chi connectivity index (χ1n) is 6.96. The Labute approximate surface area is 124 Å². The Balaban J connectivity index is 2.33. The molecule has 1 aromatic heterocycles. The van der Waals surface area contributed by atoms with Gasteiger partial charge in [0.2, 0.25) is 0 Å². The second kappa shape index (κ2) is 6.43. The van der Waals surface area contributed by atoms with Gasteiger partial charge in [-0.1, -0.05) is 13.8 Å². The summed E-state index contributed by atoms with van der Waals surface area (Å²) in [5.41, 5.74) is 1.49. The van der Waals surface area contributed by atoms with E-state index in [1.807, 2.05) is 12.1 Å². The molecule has 1 heterocycles. The van der Waals surface area contributed by atoms with Gasteiger partial charge in [-0.05, 0) is 36.6 Å². The lowest BCUT2D eigenvalue weighted by molar-refractivity contribution is 0.0697. The first kappa shape index (κ1) is 15.1. The molecule has 0 aliphatic heterocycles. The van der Waals surface area contributed by atoms with Gasteiger partial charge in [-0.3, -0.25) is 4.68 Å². The van der Waals surface area contributed by atoms with E-state index in [0.29, 0.717) is 18.2 Å². The van der Waals surface area contributed by atoms with Crippen molar-refractivity contribution in [2.24, 2.45) is 5.92 Å². The van der Waals surface area contributed by atoms with Crippen LogP contribution in [0, 0.1) is 5.92 Å². The maximum Gasteiger partial charge on any atom is 0.339 e. The van der Waals surface area contributed by atoms with Crippen molar-refractivity contribution in [1.29, 1.82) is 0 Å². The first-order chi connectivity index (χ1) is 10.0. The van der Waals surface area contributed by atoms with Gasteiger partial charge in [-0.25, -0.2) is 4.79 Å². The predicted molar refractivity (Wildman–Crippen MR) is 80.6 cm³/mol. The van der Waals surface area contributed by atoms with Crippen LogP contribution in [0.3, 0.4) is 0 Å². The number of carboxylic acid groups (broad SMARTS) is 1. The topological polar surface area (TPSA) is 64.4 Å². The number of carboxylic acids is 1. The van der Waals surface area contributed by atoms with Crippen LogP contribution in [0.4, 0.5) is 0 Å². The van der Waals surface area contributed by atoms with Crippen LogP contribution >= 0.6 is 0 Å². The highest BCUT2D eigenvalue weighted by atomic mass is 16.5. The third-order valence-electron chi connectivity index (χ3n) is 3.29. The molecule has 112 valence electrons. The molecule has 0 aliphatic rings. The highest BCUT2D eigenvalue weighted by molar-refractivity contribution is 5.94. The molecule has 0 saturated carbocycles. The maximum absolute atomic E-state index is 11.4. The number of ether oxygens (including phenoxy) is 1. The lowest BCUT2D eigenvalue weighted by Gasteiger charge is -2.04. The molecule has 5 heteroatoms. The summed E-state index contributed by atoms with van der Waals surface area (Å²) < 4.78 is 6.82. The van der Waals surface area contributed by atoms with E-state index in [9.17, 15) is 9.90 Å². The SMILES string of the molecule is COc1ccc(-c2nn(CCC(C)C)cc2C(=O)O)cc1. The number of methoxy groups -OCH3 is 1. The number of aromatic nitrogens is 2. The third-order valence-corrected chi connectivity index (χ3v) is 3.29. The normalized spacial score (nSPS) is 10.9. The molecule has 0 fully saturated rings. The van der Waals surface area contributed by atoms with Crippen LogP contribution in [-0.4, -0.2) is 28.0 Å². The Morgan fingerprint density at radius 3 is 2.52 bits per heavy atom. The molecular weight excluding hydrogens is 268 g/mol. The number of aryl methyl sites for hydroxylation is 1. The number of nitrogens with zero attached hydrogens (tertiary/aromatic N) is 2. The third kappa shape index (κ3) is 3.62. The van der Waals surface area contributed by atoms with Gasteiger partial charge in [-0.15, -0.1) is 0 Å². The van der Waals surface area contributed by atoms with Crippen LogP contribution in [0.1, 0.15) is 30.6 Å². The Bertz CT molecular complexity index is 615. The standard InChI is InChI=1S/C16H20N2O3/c1-11(2)8-9-18-10-14(16(19)20)15(17-18)12-4-6-13(21-3)7-5-12/h4-7,10-11H,8-9H2,1-3H3,(H,19,20). The largest absolute Gasteiger partial charge is 0.497 e. The Hall–Kier alpha value is -2.30. The van der Waals surface area contributed by atoms with Gasteiger partial charge >= 0.3 is 5.97 Å². The van der Waals surface area contributed by atoms with Crippen LogP contribution in [-0.2, 0) is 6.54 Å². The number of benzene rings is 1. The molecule has 0 saturated heterocycles. The molecule has 0 atom stereocenters. The Morgan fingerprint density at radius 2 is 2.00 bits per heavy atom. The van der Waals surface area contributed by atoms with Gasteiger partial charge in [0.05, 0.1) is 7.11 Å². The van der Waals surface area contributed by atoms with E-state index >= 15 is 0 Å².